The number of benzene rings is 1. The molecule has 0 N–H and O–H groups in total. The molecule has 0 aliphatic carbocycles. The van der Waals surface area contributed by atoms with E-state index in [1.54, 1.807) is 6.07 Å². The summed E-state index contributed by atoms with van der Waals surface area (Å²) in [5.74, 6) is 0.415. The minimum atomic E-state index is 0.129. The lowest BCUT2D eigenvalue weighted by Crippen LogP contribution is -2.01. The summed E-state index contributed by atoms with van der Waals surface area (Å²) in [4.78, 5) is 11.0. The van der Waals surface area contributed by atoms with Gasteiger partial charge in [0.2, 0.25) is 0 Å². The summed E-state index contributed by atoms with van der Waals surface area (Å²) >= 11 is 15.5. The summed E-state index contributed by atoms with van der Waals surface area (Å²) in [7, 11) is 0. The molecular formula is C10H10Cl2OS. The van der Waals surface area contributed by atoms with Crippen molar-refractivity contribution in [1.82, 2.24) is 0 Å². The van der Waals surface area contributed by atoms with E-state index < -0.39 is 0 Å². The third-order valence-corrected chi connectivity index (χ3v) is 2.58. The highest BCUT2D eigenvalue weighted by atomic mass is 35.5. The van der Waals surface area contributed by atoms with Gasteiger partial charge in [-0.05, 0) is 30.2 Å². The Kier molecular flexibility index (Phi) is 4.79. The van der Waals surface area contributed by atoms with E-state index in [1.807, 2.05) is 12.1 Å². The molecule has 0 fully saturated rings. The van der Waals surface area contributed by atoms with Crippen molar-refractivity contribution in [1.29, 1.82) is 0 Å². The van der Waals surface area contributed by atoms with Crippen molar-refractivity contribution >= 4 is 41.6 Å². The number of hydrogen-bond donors (Lipinski definition) is 1. The molecule has 1 rings (SSSR count). The van der Waals surface area contributed by atoms with Crippen molar-refractivity contribution < 1.29 is 4.79 Å². The molecule has 0 heterocycles. The number of carbonyl (C=O) groups is 1. The van der Waals surface area contributed by atoms with Gasteiger partial charge in [0.15, 0.2) is 0 Å². The normalized spacial score (nSPS) is 10.2. The van der Waals surface area contributed by atoms with E-state index in [9.17, 15) is 4.79 Å². The van der Waals surface area contributed by atoms with Gasteiger partial charge in [-0.15, -0.1) is 0 Å². The van der Waals surface area contributed by atoms with Gasteiger partial charge in [0.25, 0.3) is 0 Å². The van der Waals surface area contributed by atoms with Crippen LogP contribution in [0, 0.1) is 0 Å². The molecule has 0 aliphatic rings. The summed E-state index contributed by atoms with van der Waals surface area (Å²) in [6.07, 6.45) is 1.15. The molecule has 4 heteroatoms. The molecule has 0 aliphatic heterocycles. The number of rotatable bonds is 4. The first kappa shape index (κ1) is 11.9. The van der Waals surface area contributed by atoms with E-state index >= 15 is 0 Å². The number of hydrogen-bond acceptors (Lipinski definition) is 2. The lowest BCUT2D eigenvalue weighted by atomic mass is 10.1. The fraction of sp³-hybridized carbons (Fsp3) is 0.300. The lowest BCUT2D eigenvalue weighted by molar-refractivity contribution is -0.116. The zero-order valence-electron chi connectivity index (χ0n) is 7.46. The van der Waals surface area contributed by atoms with Crippen LogP contribution >= 0.6 is 35.8 Å². The highest BCUT2D eigenvalue weighted by Gasteiger charge is 2.02. The molecule has 0 spiro atoms. The van der Waals surface area contributed by atoms with E-state index in [0.29, 0.717) is 22.9 Å². The van der Waals surface area contributed by atoms with Crippen LogP contribution in [0.25, 0.3) is 0 Å². The maximum absolute atomic E-state index is 11.0. The minimum Gasteiger partial charge on any atom is -0.299 e. The van der Waals surface area contributed by atoms with Crippen molar-refractivity contribution in [3.05, 3.63) is 33.8 Å². The summed E-state index contributed by atoms with van der Waals surface area (Å²) in [5, 5.41) is 1.21. The Hall–Kier alpha value is -0.180. The first-order valence-corrected chi connectivity index (χ1v) is 5.58. The fourth-order valence-corrected chi connectivity index (χ4v) is 1.85. The zero-order chi connectivity index (χ0) is 10.6. The molecule has 1 nitrogen and oxygen atoms in total. The van der Waals surface area contributed by atoms with Crippen molar-refractivity contribution in [2.45, 2.75) is 12.8 Å². The van der Waals surface area contributed by atoms with Gasteiger partial charge in [0.05, 0.1) is 0 Å². The highest BCUT2D eigenvalue weighted by Crippen LogP contribution is 2.19. The smallest absolute Gasteiger partial charge is 0.142 e. The molecule has 14 heavy (non-hydrogen) atoms. The van der Waals surface area contributed by atoms with Crippen molar-refractivity contribution in [3.8, 4) is 0 Å². The second-order valence-electron chi connectivity index (χ2n) is 2.97. The average Bonchev–Trinajstić information content (AvgIpc) is 2.12. The van der Waals surface area contributed by atoms with Crippen LogP contribution in [0.5, 0.6) is 0 Å². The Morgan fingerprint density at radius 3 is 2.29 bits per heavy atom. The highest BCUT2D eigenvalue weighted by molar-refractivity contribution is 7.81. The van der Waals surface area contributed by atoms with Crippen molar-refractivity contribution in [2.75, 3.05) is 5.75 Å². The molecule has 0 bridgehead atoms. The van der Waals surface area contributed by atoms with Crippen LogP contribution in [0.2, 0.25) is 10.0 Å². The predicted molar refractivity (Wildman–Crippen MR) is 63.6 cm³/mol. The SMILES string of the molecule is O=C(CS)CCc1cc(Cl)cc(Cl)c1. The summed E-state index contributed by atoms with van der Waals surface area (Å²) in [5.41, 5.74) is 0.984. The van der Waals surface area contributed by atoms with Gasteiger partial charge >= 0.3 is 0 Å². The van der Waals surface area contributed by atoms with Gasteiger partial charge in [-0.1, -0.05) is 23.2 Å². The molecule has 0 saturated carbocycles. The molecule has 0 atom stereocenters. The Labute approximate surface area is 98.8 Å². The first-order chi connectivity index (χ1) is 6.61. The first-order valence-electron chi connectivity index (χ1n) is 4.19. The fourth-order valence-electron chi connectivity index (χ4n) is 1.12. The summed E-state index contributed by atoms with van der Waals surface area (Å²) < 4.78 is 0. The van der Waals surface area contributed by atoms with E-state index in [4.69, 9.17) is 23.2 Å². The van der Waals surface area contributed by atoms with Crippen molar-refractivity contribution in [3.63, 3.8) is 0 Å². The summed E-state index contributed by atoms with van der Waals surface area (Å²) in [6.45, 7) is 0. The topological polar surface area (TPSA) is 17.1 Å². The average molecular weight is 249 g/mol. The van der Waals surface area contributed by atoms with Crippen LogP contribution in [0.15, 0.2) is 18.2 Å². The quantitative estimate of drug-likeness (QED) is 0.809. The maximum Gasteiger partial charge on any atom is 0.142 e. The van der Waals surface area contributed by atoms with Gasteiger partial charge in [0, 0.05) is 22.2 Å². The standard InChI is InChI=1S/C10H10Cl2OS/c11-8-3-7(4-9(12)5-8)1-2-10(13)6-14/h3-5,14H,1-2,6H2. The van der Waals surface area contributed by atoms with Crippen LogP contribution in [-0.2, 0) is 11.2 Å². The molecule has 0 unspecified atom stereocenters. The number of carbonyl (C=O) groups excluding carboxylic acids is 1. The van der Waals surface area contributed by atoms with Gasteiger partial charge in [-0.3, -0.25) is 4.79 Å². The zero-order valence-corrected chi connectivity index (χ0v) is 9.87. The lowest BCUT2D eigenvalue weighted by Gasteiger charge is -2.01. The Balaban J connectivity index is 2.63. The summed E-state index contributed by atoms with van der Waals surface area (Å²) in [6, 6.07) is 5.31. The number of ketones is 1. The second-order valence-corrected chi connectivity index (χ2v) is 4.16. The van der Waals surface area contributed by atoms with E-state index in [2.05, 4.69) is 12.6 Å². The van der Waals surface area contributed by atoms with Crippen LogP contribution in [-0.4, -0.2) is 11.5 Å². The number of thiol groups is 1. The Morgan fingerprint density at radius 1 is 1.21 bits per heavy atom. The Bertz CT molecular complexity index is 319. The largest absolute Gasteiger partial charge is 0.299 e. The minimum absolute atomic E-state index is 0.129. The second kappa shape index (κ2) is 5.64. The molecule has 0 radical (unpaired) electrons. The number of halogens is 2. The van der Waals surface area contributed by atoms with Crippen molar-refractivity contribution in [2.24, 2.45) is 0 Å². The number of aryl methyl sites for hydroxylation is 1. The predicted octanol–water partition coefficient (Wildman–Crippen LogP) is 3.42. The molecule has 1 aromatic carbocycles. The van der Waals surface area contributed by atoms with E-state index in [1.165, 1.54) is 0 Å². The monoisotopic (exact) mass is 248 g/mol. The molecule has 76 valence electrons. The molecule has 0 amide bonds. The third-order valence-electron chi connectivity index (χ3n) is 1.79. The van der Waals surface area contributed by atoms with Gasteiger partial charge in [-0.25, -0.2) is 0 Å². The Morgan fingerprint density at radius 2 is 1.79 bits per heavy atom. The van der Waals surface area contributed by atoms with E-state index in [-0.39, 0.29) is 11.5 Å². The van der Waals surface area contributed by atoms with Gasteiger partial charge < -0.3 is 0 Å². The molecular weight excluding hydrogens is 239 g/mol. The van der Waals surface area contributed by atoms with E-state index in [0.717, 1.165) is 5.56 Å². The molecule has 1 aromatic rings. The maximum atomic E-state index is 11.0. The van der Waals surface area contributed by atoms with Crippen LogP contribution in [0.1, 0.15) is 12.0 Å². The van der Waals surface area contributed by atoms with Crippen LogP contribution in [0.4, 0.5) is 0 Å². The van der Waals surface area contributed by atoms with Crippen LogP contribution < -0.4 is 0 Å². The molecule has 0 saturated heterocycles. The number of Topliss-reactive ketones (excluding diaryl/α,β-unsaturated/α-hetero) is 1. The van der Waals surface area contributed by atoms with Crippen LogP contribution in [0.3, 0.4) is 0 Å². The van der Waals surface area contributed by atoms with Gasteiger partial charge in [-0.2, -0.15) is 12.6 Å². The molecule has 0 aromatic heterocycles. The third kappa shape index (κ3) is 3.91. The van der Waals surface area contributed by atoms with Gasteiger partial charge in [0.1, 0.15) is 5.78 Å².